The summed E-state index contributed by atoms with van der Waals surface area (Å²) in [7, 11) is 3.22. The van der Waals surface area contributed by atoms with E-state index in [9.17, 15) is 4.79 Å². The molecule has 1 saturated heterocycles. The highest BCUT2D eigenvalue weighted by Gasteiger charge is 2.25. The molecule has 2 aliphatic rings. The molecule has 0 spiro atoms. The standard InChI is InChI=1S/C23H23N5O6S2/c1-30-13-7-17(33-12-16-20(11-29)35-21(25-16)27-3-5-32-6-4-27)14-9-19(34-18(14)8-13)15-10-28-22(24-15)36-23(26-28)31-2/h7-11,23,26H,3-6,12H2,1-2H3. The Hall–Kier alpha value is -3.26. The number of morpholine rings is 1. The van der Waals surface area contributed by atoms with Crippen LogP contribution in [-0.2, 0) is 16.1 Å². The lowest BCUT2D eigenvalue weighted by molar-refractivity contribution is 0.112. The molecule has 0 aliphatic carbocycles. The molecule has 13 heteroatoms. The second kappa shape index (κ2) is 9.65. The fourth-order valence-corrected chi connectivity index (χ4v) is 5.78. The van der Waals surface area contributed by atoms with Crippen LogP contribution in [-0.4, -0.2) is 67.0 Å². The van der Waals surface area contributed by atoms with Crippen LogP contribution in [0.15, 0.2) is 34.0 Å². The number of nitrogens with one attached hydrogen (secondary N) is 1. The first kappa shape index (κ1) is 23.2. The minimum atomic E-state index is -0.174. The van der Waals surface area contributed by atoms with E-state index in [0.717, 1.165) is 35.0 Å². The number of anilines is 1. The Morgan fingerprint density at radius 1 is 1.22 bits per heavy atom. The van der Waals surface area contributed by atoms with Gasteiger partial charge in [0.2, 0.25) is 0 Å². The van der Waals surface area contributed by atoms with Crippen molar-refractivity contribution in [3.05, 3.63) is 35.0 Å². The number of hydrogen-bond acceptors (Lipinski definition) is 12. The van der Waals surface area contributed by atoms with Gasteiger partial charge in [-0.25, -0.2) is 14.6 Å². The summed E-state index contributed by atoms with van der Waals surface area (Å²) in [5.74, 6) is 1.75. The highest BCUT2D eigenvalue weighted by atomic mass is 32.2. The molecule has 11 nitrogen and oxygen atoms in total. The van der Waals surface area contributed by atoms with Crippen molar-refractivity contribution < 1.29 is 28.2 Å². The summed E-state index contributed by atoms with van der Waals surface area (Å²) in [5.41, 5.74) is 4.88. The molecule has 0 radical (unpaired) electrons. The van der Waals surface area contributed by atoms with E-state index in [-0.39, 0.29) is 12.2 Å². The number of hydrogen-bond donors (Lipinski definition) is 1. The molecule has 0 amide bonds. The first-order chi connectivity index (χ1) is 17.6. The Labute approximate surface area is 214 Å². The van der Waals surface area contributed by atoms with E-state index in [2.05, 4.69) is 20.3 Å². The van der Waals surface area contributed by atoms with Gasteiger partial charge in [0.1, 0.15) is 35.1 Å². The lowest BCUT2D eigenvalue weighted by Crippen LogP contribution is -2.36. The molecule has 0 saturated carbocycles. The maximum Gasteiger partial charge on any atom is 0.196 e. The molecule has 1 N–H and O–H groups in total. The van der Waals surface area contributed by atoms with Gasteiger partial charge >= 0.3 is 0 Å². The number of fused-ring (bicyclic) bond motifs is 2. The van der Waals surface area contributed by atoms with Crippen molar-refractivity contribution in [3.8, 4) is 23.0 Å². The minimum absolute atomic E-state index is 0.134. The van der Waals surface area contributed by atoms with E-state index in [1.54, 1.807) is 26.4 Å². The van der Waals surface area contributed by atoms with Crippen molar-refractivity contribution in [3.63, 3.8) is 0 Å². The van der Waals surface area contributed by atoms with Crippen LogP contribution in [0.3, 0.4) is 0 Å². The summed E-state index contributed by atoms with van der Waals surface area (Å²) in [6.07, 6.45) is 2.69. The van der Waals surface area contributed by atoms with Crippen LogP contribution in [0.1, 0.15) is 15.4 Å². The van der Waals surface area contributed by atoms with Crippen molar-refractivity contribution >= 4 is 45.5 Å². The first-order valence-electron chi connectivity index (χ1n) is 11.2. The van der Waals surface area contributed by atoms with Crippen LogP contribution in [0.5, 0.6) is 11.5 Å². The number of imidazole rings is 1. The molecule has 1 atom stereocenters. The van der Waals surface area contributed by atoms with Gasteiger partial charge in [-0.15, -0.1) is 0 Å². The van der Waals surface area contributed by atoms with Gasteiger partial charge in [-0.1, -0.05) is 11.3 Å². The molecule has 6 rings (SSSR count). The first-order valence-corrected chi connectivity index (χ1v) is 12.9. The van der Waals surface area contributed by atoms with Crippen molar-refractivity contribution in [1.29, 1.82) is 0 Å². The molecule has 1 fully saturated rings. The van der Waals surface area contributed by atoms with Crippen LogP contribution >= 0.6 is 23.1 Å². The van der Waals surface area contributed by atoms with Gasteiger partial charge in [-0.3, -0.25) is 10.2 Å². The van der Waals surface area contributed by atoms with Crippen molar-refractivity contribution in [2.24, 2.45) is 0 Å². The zero-order chi connectivity index (χ0) is 24.6. The van der Waals surface area contributed by atoms with E-state index < -0.39 is 0 Å². The monoisotopic (exact) mass is 529 g/mol. The second-order valence-electron chi connectivity index (χ2n) is 8.05. The van der Waals surface area contributed by atoms with E-state index in [1.165, 1.54) is 23.1 Å². The zero-order valence-electron chi connectivity index (χ0n) is 19.6. The third-order valence-corrected chi connectivity index (χ3v) is 7.97. The largest absolute Gasteiger partial charge is 0.496 e. The summed E-state index contributed by atoms with van der Waals surface area (Å²) in [4.78, 5) is 23.7. The number of carbonyl (C=O) groups is 1. The van der Waals surface area contributed by atoms with Gasteiger partial charge in [-0.2, -0.15) is 0 Å². The molecule has 188 valence electrons. The van der Waals surface area contributed by atoms with E-state index in [4.69, 9.17) is 23.4 Å². The number of furan rings is 1. The van der Waals surface area contributed by atoms with E-state index in [1.807, 2.05) is 16.9 Å². The average molecular weight is 530 g/mol. The number of benzene rings is 1. The number of thioether (sulfide) groups is 1. The lowest BCUT2D eigenvalue weighted by atomic mass is 10.2. The topological polar surface area (TPSA) is 113 Å². The lowest BCUT2D eigenvalue weighted by Gasteiger charge is -2.26. The minimum Gasteiger partial charge on any atom is -0.496 e. The zero-order valence-corrected chi connectivity index (χ0v) is 21.2. The molecular formula is C23H23N5O6S2. The average Bonchev–Trinajstić information content (AvgIpc) is 3.68. The fraction of sp³-hybridized carbons (Fsp3) is 0.348. The highest BCUT2D eigenvalue weighted by molar-refractivity contribution is 7.99. The van der Waals surface area contributed by atoms with Gasteiger partial charge in [0, 0.05) is 32.3 Å². The number of ether oxygens (including phenoxy) is 4. The summed E-state index contributed by atoms with van der Waals surface area (Å²) in [6, 6.07) is 5.49. The number of thiazole rings is 1. The van der Waals surface area contributed by atoms with Gasteiger partial charge in [0.25, 0.3) is 0 Å². The molecule has 1 aromatic carbocycles. The maximum absolute atomic E-state index is 11.7. The number of nitrogens with zero attached hydrogens (tertiary/aromatic N) is 4. The number of carbonyl (C=O) groups excluding carboxylic acids is 1. The normalized spacial score (nSPS) is 17.3. The quantitative estimate of drug-likeness (QED) is 0.338. The van der Waals surface area contributed by atoms with Crippen LogP contribution in [0.4, 0.5) is 5.13 Å². The maximum atomic E-state index is 11.7. The Balaban J connectivity index is 1.27. The van der Waals surface area contributed by atoms with Crippen molar-refractivity contribution in [2.45, 2.75) is 17.3 Å². The third kappa shape index (κ3) is 4.28. The SMILES string of the molecule is COc1cc(OCc2nc(N3CCOCC3)sc2C=O)c2cc(-c3cn4c(n3)SC(OC)N4)oc2c1. The number of aldehydes is 1. The predicted octanol–water partition coefficient (Wildman–Crippen LogP) is 3.57. The Morgan fingerprint density at radius 3 is 2.83 bits per heavy atom. The summed E-state index contributed by atoms with van der Waals surface area (Å²) < 4.78 is 30.3. The van der Waals surface area contributed by atoms with Crippen LogP contribution < -0.4 is 19.8 Å². The van der Waals surface area contributed by atoms with Gasteiger partial charge < -0.3 is 28.3 Å². The number of rotatable bonds is 8. The van der Waals surface area contributed by atoms with Crippen LogP contribution in [0.2, 0.25) is 0 Å². The summed E-state index contributed by atoms with van der Waals surface area (Å²) in [5, 5.41) is 2.35. The Bertz CT molecular complexity index is 1390. The summed E-state index contributed by atoms with van der Waals surface area (Å²) >= 11 is 2.84. The van der Waals surface area contributed by atoms with Crippen LogP contribution in [0.25, 0.3) is 22.4 Å². The molecular weight excluding hydrogens is 506 g/mol. The van der Waals surface area contributed by atoms with Crippen molar-refractivity contribution in [1.82, 2.24) is 14.6 Å². The van der Waals surface area contributed by atoms with Gasteiger partial charge in [0.15, 0.2) is 27.9 Å². The van der Waals surface area contributed by atoms with Crippen LogP contribution in [0, 0.1) is 0 Å². The number of methoxy groups -OCH3 is 2. The Kier molecular flexibility index (Phi) is 6.21. The molecule has 5 heterocycles. The fourth-order valence-electron chi connectivity index (χ4n) is 4.02. The molecule has 0 bridgehead atoms. The molecule has 4 aromatic rings. The van der Waals surface area contributed by atoms with Gasteiger partial charge in [0.05, 0.1) is 36.8 Å². The molecule has 36 heavy (non-hydrogen) atoms. The third-order valence-electron chi connectivity index (χ3n) is 5.88. The van der Waals surface area contributed by atoms with E-state index in [0.29, 0.717) is 52.3 Å². The van der Waals surface area contributed by atoms with Crippen molar-refractivity contribution in [2.75, 3.05) is 50.8 Å². The smallest absolute Gasteiger partial charge is 0.196 e. The molecule has 1 unspecified atom stereocenters. The predicted molar refractivity (Wildman–Crippen MR) is 135 cm³/mol. The Morgan fingerprint density at radius 2 is 2.08 bits per heavy atom. The molecule has 2 aliphatic heterocycles. The number of aromatic nitrogens is 3. The second-order valence-corrected chi connectivity index (χ2v) is 10.1. The molecule has 3 aromatic heterocycles. The van der Waals surface area contributed by atoms with E-state index >= 15 is 0 Å². The summed E-state index contributed by atoms with van der Waals surface area (Å²) in [6.45, 7) is 2.92. The van der Waals surface area contributed by atoms with Gasteiger partial charge in [-0.05, 0) is 17.8 Å². The highest BCUT2D eigenvalue weighted by Crippen LogP contribution is 2.39.